The Morgan fingerprint density at radius 1 is 0.772 bits per heavy atom. The van der Waals surface area contributed by atoms with E-state index >= 15 is 0 Å². The second kappa shape index (κ2) is 16.0. The molecule has 9 rings (SSSR count). The van der Waals surface area contributed by atoms with Crippen LogP contribution in [0.15, 0.2) is 138 Å². The van der Waals surface area contributed by atoms with Crippen LogP contribution in [0.5, 0.6) is 0 Å². The Bertz CT molecular complexity index is 3000. The number of imidazole rings is 1. The van der Waals surface area contributed by atoms with Crippen molar-refractivity contribution >= 4 is 50.8 Å². The fraction of sp³-hybridized carbons (Fsp3) is 0.180. The van der Waals surface area contributed by atoms with Crippen LogP contribution in [0.25, 0.3) is 72.6 Å². The Morgan fingerprint density at radius 3 is 2.28 bits per heavy atom. The van der Waals surface area contributed by atoms with E-state index in [9.17, 15) is 0 Å². The Balaban J connectivity index is 0.000000239. The first-order valence-electron chi connectivity index (χ1n) is 21.7. The second-order valence-corrected chi connectivity index (χ2v) is 26.7. The maximum atomic E-state index is 7.80. The van der Waals surface area contributed by atoms with E-state index < -0.39 is 27.0 Å². The number of hydrogen-bond acceptors (Lipinski definition) is 4. The molecule has 0 fully saturated rings. The normalized spacial score (nSPS) is 13.7. The summed E-state index contributed by atoms with van der Waals surface area (Å²) in [6, 6.07) is 47.6. The van der Waals surface area contributed by atoms with Crippen molar-refractivity contribution in [3.63, 3.8) is 0 Å². The predicted molar refractivity (Wildman–Crippen MR) is 236 cm³/mol. The van der Waals surface area contributed by atoms with Gasteiger partial charge in [-0.3, -0.25) is 4.98 Å². The van der Waals surface area contributed by atoms with Crippen molar-refractivity contribution in [2.75, 3.05) is 0 Å². The number of benzene rings is 5. The zero-order valence-corrected chi connectivity index (χ0v) is 37.2. The molecule has 287 valence electrons. The molecule has 7 heteroatoms. The van der Waals surface area contributed by atoms with Gasteiger partial charge in [-0.25, -0.2) is 4.98 Å². The summed E-state index contributed by atoms with van der Waals surface area (Å²) in [5.41, 5.74) is 9.67. The first-order chi connectivity index (χ1) is 29.3. The fourth-order valence-corrected chi connectivity index (χ4v) is 9.03. The molecule has 0 atom stereocenters. The predicted octanol–water partition coefficient (Wildman–Crippen LogP) is 12.5. The molecule has 57 heavy (non-hydrogen) atoms. The molecule has 0 aliphatic carbocycles. The van der Waals surface area contributed by atoms with Gasteiger partial charge in [-0.15, -0.1) is 18.2 Å². The average molecular weight is 990 g/mol. The van der Waals surface area contributed by atoms with E-state index in [1.54, 1.807) is 24.3 Å². The molecule has 5 nitrogen and oxygen atoms in total. The SMILES string of the molecule is [2H]C([2H])([2H])c1c[c-]c(-c2cc[c]([Ge]([CH3])([CH3])[CH3])cn2)cc1.[2H]C([2H])([2H])c1ccc2c(n1)oc1c(-c3nc4ccccc4n3-c3ccc(C(C)(C)C)cc3-c3ccccc3)[c-]ccc12.[Ir]. The van der Waals surface area contributed by atoms with Crippen molar-refractivity contribution in [3.8, 4) is 39.5 Å². The van der Waals surface area contributed by atoms with E-state index in [4.69, 9.17) is 17.6 Å². The molecule has 0 saturated heterocycles. The molecule has 9 aromatic rings. The number of fused-ring (bicyclic) bond motifs is 4. The Labute approximate surface area is 360 Å². The average Bonchev–Trinajstić information content (AvgIpc) is 3.81. The molecule has 4 aromatic heterocycles. The van der Waals surface area contributed by atoms with Gasteiger partial charge in [0.05, 0.1) is 22.4 Å². The van der Waals surface area contributed by atoms with Crippen molar-refractivity contribution in [1.82, 2.24) is 19.5 Å². The summed E-state index contributed by atoms with van der Waals surface area (Å²) < 4.78 is 55.3. The second-order valence-electron chi connectivity index (χ2n) is 16.0. The molecule has 0 bridgehead atoms. The number of hydrogen-bond donors (Lipinski definition) is 0. The molecule has 5 aromatic carbocycles. The van der Waals surface area contributed by atoms with Crippen LogP contribution in [0.1, 0.15) is 45.8 Å². The van der Waals surface area contributed by atoms with Crippen LogP contribution in [0.4, 0.5) is 0 Å². The van der Waals surface area contributed by atoms with Gasteiger partial charge in [0.1, 0.15) is 0 Å². The number of aryl methyl sites for hydroxylation is 2. The third-order valence-corrected chi connectivity index (χ3v) is 14.2. The summed E-state index contributed by atoms with van der Waals surface area (Å²) in [5, 5.41) is 1.57. The van der Waals surface area contributed by atoms with Gasteiger partial charge in [0.2, 0.25) is 5.71 Å². The molecule has 1 radical (unpaired) electrons. The number of aromatic nitrogens is 4. The van der Waals surface area contributed by atoms with Crippen molar-refractivity contribution in [3.05, 3.63) is 163 Å². The molecule has 0 aliphatic heterocycles. The van der Waals surface area contributed by atoms with Gasteiger partial charge in [-0.1, -0.05) is 80.3 Å². The van der Waals surface area contributed by atoms with Gasteiger partial charge in [-0.2, -0.15) is 0 Å². The number of nitrogens with zero attached hydrogens (tertiary/aromatic N) is 4. The Kier molecular flexibility index (Phi) is 9.24. The van der Waals surface area contributed by atoms with E-state index in [1.165, 1.54) is 16.0 Å². The summed E-state index contributed by atoms with van der Waals surface area (Å²) in [4.78, 5) is 13.9. The third-order valence-electron chi connectivity index (χ3n) is 9.99. The van der Waals surface area contributed by atoms with Crippen LogP contribution in [0.2, 0.25) is 17.3 Å². The van der Waals surface area contributed by atoms with Crippen molar-refractivity contribution in [2.24, 2.45) is 0 Å². The minimum Gasteiger partial charge on any atom is -0.486 e. The smallest absolute Gasteiger partial charge is 0.216 e. The third kappa shape index (κ3) is 8.18. The molecular weight excluding hydrogens is 937 g/mol. The van der Waals surface area contributed by atoms with Crippen LogP contribution in [-0.2, 0) is 25.5 Å². The van der Waals surface area contributed by atoms with Crippen LogP contribution in [-0.4, -0.2) is 32.8 Å². The van der Waals surface area contributed by atoms with E-state index in [-0.39, 0.29) is 36.9 Å². The minimum atomic E-state index is -2.33. The number of rotatable bonds is 5. The van der Waals surface area contributed by atoms with Crippen LogP contribution in [0.3, 0.4) is 0 Å². The number of para-hydroxylation sites is 2. The first-order valence-corrected chi connectivity index (χ1v) is 26.0. The van der Waals surface area contributed by atoms with Gasteiger partial charge in [-0.05, 0) is 59.8 Å². The van der Waals surface area contributed by atoms with Gasteiger partial charge in [0.15, 0.2) is 0 Å². The molecule has 4 heterocycles. The summed E-state index contributed by atoms with van der Waals surface area (Å²) in [5.74, 6) is 7.66. The monoisotopic (exact) mass is 991 g/mol. The van der Waals surface area contributed by atoms with E-state index in [1.807, 2.05) is 48.7 Å². The van der Waals surface area contributed by atoms with Crippen molar-refractivity contribution in [1.29, 1.82) is 0 Å². The summed E-state index contributed by atoms with van der Waals surface area (Å²) in [7, 11) is 0. The largest absolute Gasteiger partial charge is 0.486 e. The standard InChI is InChI=1S/C35H28N3O.C15H18GeN.Ir/c1-22-17-19-26-25-13-10-14-27(32(25)39-34(26)36-22)33-37-29-15-8-9-16-31(29)38(33)30-20-18-24(35(2,3)4)21-28(30)23-11-6-5-7-12-23;1-12-5-7-13(8-6-12)15-10-9-14(11-17-15)16(2,3)4;/h5-13,15-21H,1-4H3;5-7,9-11H,1-4H3;/q2*-1;/i2*1D3;. The van der Waals surface area contributed by atoms with Crippen LogP contribution in [0, 0.1) is 25.8 Å². The maximum absolute atomic E-state index is 7.80. The molecule has 0 aliphatic rings. The fourth-order valence-electron chi connectivity index (χ4n) is 6.85. The molecule has 0 N–H and O–H groups in total. The summed E-state index contributed by atoms with van der Waals surface area (Å²) in [6.07, 6.45) is 1.95. The zero-order valence-electron chi connectivity index (χ0n) is 38.7. The van der Waals surface area contributed by atoms with E-state index in [2.05, 4.69) is 119 Å². The topological polar surface area (TPSA) is 56.7 Å². The summed E-state index contributed by atoms with van der Waals surface area (Å²) >= 11 is -1.83. The van der Waals surface area contributed by atoms with Crippen LogP contribution < -0.4 is 4.40 Å². The molecule has 0 saturated carbocycles. The molecular formula is C50H46GeIrN4O-2. The van der Waals surface area contributed by atoms with Crippen molar-refractivity contribution in [2.45, 2.75) is 57.2 Å². The molecule has 0 unspecified atom stereocenters. The Morgan fingerprint density at radius 2 is 1.58 bits per heavy atom. The summed E-state index contributed by atoms with van der Waals surface area (Å²) in [6.45, 7) is 2.25. The van der Waals surface area contributed by atoms with E-state index in [0.717, 1.165) is 49.9 Å². The first kappa shape index (κ1) is 32.9. The van der Waals surface area contributed by atoms with Crippen LogP contribution >= 0.6 is 0 Å². The van der Waals surface area contributed by atoms with E-state index in [0.29, 0.717) is 22.5 Å². The zero-order chi connectivity index (χ0) is 44.2. The Hall–Kier alpha value is -5.14. The van der Waals surface area contributed by atoms with Gasteiger partial charge >= 0.3 is 110 Å². The maximum Gasteiger partial charge on any atom is 0.216 e. The number of pyridine rings is 2. The molecule has 0 amide bonds. The van der Waals surface area contributed by atoms with Gasteiger partial charge in [0, 0.05) is 46.5 Å². The minimum absolute atomic E-state index is 0. The quantitative estimate of drug-likeness (QED) is 0.127. The van der Waals surface area contributed by atoms with Crippen molar-refractivity contribution < 1.29 is 32.7 Å². The number of furan rings is 1. The van der Waals surface area contributed by atoms with Gasteiger partial charge in [0.25, 0.3) is 0 Å². The van der Waals surface area contributed by atoms with Gasteiger partial charge < -0.3 is 8.98 Å². The molecule has 0 spiro atoms.